The predicted octanol–water partition coefficient (Wildman–Crippen LogP) is 5.04. The zero-order valence-electron chi connectivity index (χ0n) is 15.1. The molecular formula is C22H17ClN4O. The second-order valence-corrected chi connectivity index (χ2v) is 6.78. The fourth-order valence-corrected chi connectivity index (χ4v) is 3.10. The first-order valence-electron chi connectivity index (χ1n) is 8.76. The molecule has 138 valence electrons. The highest BCUT2D eigenvalue weighted by molar-refractivity contribution is 6.30. The van der Waals surface area contributed by atoms with Crippen molar-refractivity contribution in [2.24, 2.45) is 5.10 Å². The van der Waals surface area contributed by atoms with Crippen molar-refractivity contribution in [3.8, 4) is 11.3 Å². The van der Waals surface area contributed by atoms with Crippen LogP contribution in [0.4, 0.5) is 0 Å². The van der Waals surface area contributed by atoms with Gasteiger partial charge in [-0.1, -0.05) is 66.2 Å². The second kappa shape index (κ2) is 7.66. The average molecular weight is 389 g/mol. The molecule has 4 rings (SSSR count). The Kier molecular flexibility index (Phi) is 4.91. The van der Waals surface area contributed by atoms with E-state index in [-0.39, 0.29) is 5.91 Å². The second-order valence-electron chi connectivity index (χ2n) is 6.34. The van der Waals surface area contributed by atoms with Crippen LogP contribution < -0.4 is 5.43 Å². The number of benzene rings is 3. The lowest BCUT2D eigenvalue weighted by Crippen LogP contribution is -2.19. The van der Waals surface area contributed by atoms with Gasteiger partial charge in [0.05, 0.1) is 11.4 Å². The van der Waals surface area contributed by atoms with E-state index in [1.165, 1.54) is 0 Å². The van der Waals surface area contributed by atoms with E-state index in [0.717, 1.165) is 21.9 Å². The van der Waals surface area contributed by atoms with E-state index in [1.807, 2.05) is 61.5 Å². The van der Waals surface area contributed by atoms with E-state index in [0.29, 0.717) is 22.1 Å². The zero-order valence-corrected chi connectivity index (χ0v) is 15.9. The number of carbonyl (C=O) groups is 1. The van der Waals surface area contributed by atoms with Crippen molar-refractivity contribution in [1.29, 1.82) is 0 Å². The summed E-state index contributed by atoms with van der Waals surface area (Å²) in [5.41, 5.74) is 6.14. The molecule has 1 aromatic heterocycles. The summed E-state index contributed by atoms with van der Waals surface area (Å²) in [4.78, 5) is 12.4. The molecule has 0 atom stereocenters. The number of rotatable bonds is 4. The number of fused-ring (bicyclic) bond motifs is 1. The number of amides is 1. The first-order valence-corrected chi connectivity index (χ1v) is 9.14. The van der Waals surface area contributed by atoms with Crippen LogP contribution in [0, 0.1) is 0 Å². The Bertz CT molecular complexity index is 1170. The lowest BCUT2D eigenvalue weighted by atomic mass is 10.0. The minimum Gasteiger partial charge on any atom is -0.272 e. The summed E-state index contributed by atoms with van der Waals surface area (Å²) in [5.74, 6) is -0.354. The van der Waals surface area contributed by atoms with Crippen LogP contribution >= 0.6 is 11.6 Å². The third-order valence-corrected chi connectivity index (χ3v) is 4.73. The van der Waals surface area contributed by atoms with Gasteiger partial charge in [-0.05, 0) is 41.5 Å². The summed E-state index contributed by atoms with van der Waals surface area (Å²) >= 11 is 5.89. The van der Waals surface area contributed by atoms with Crippen molar-refractivity contribution >= 4 is 34.0 Å². The summed E-state index contributed by atoms with van der Waals surface area (Å²) in [6.07, 6.45) is 0. The fourth-order valence-electron chi connectivity index (χ4n) is 2.98. The highest BCUT2D eigenvalue weighted by atomic mass is 35.5. The smallest absolute Gasteiger partial charge is 0.272 e. The maximum Gasteiger partial charge on any atom is 0.289 e. The number of hydrogen-bond acceptors (Lipinski definition) is 3. The van der Waals surface area contributed by atoms with E-state index in [2.05, 4.69) is 20.7 Å². The lowest BCUT2D eigenvalue weighted by Gasteiger charge is -2.03. The normalized spacial score (nSPS) is 11.6. The third kappa shape index (κ3) is 3.66. The maximum absolute atomic E-state index is 12.4. The van der Waals surface area contributed by atoms with Crippen LogP contribution in [0.5, 0.6) is 0 Å². The number of halogens is 1. The van der Waals surface area contributed by atoms with Crippen LogP contribution in [0.25, 0.3) is 22.0 Å². The predicted molar refractivity (Wildman–Crippen MR) is 113 cm³/mol. The number of aromatic nitrogens is 2. The highest BCUT2D eigenvalue weighted by Gasteiger charge is 2.12. The minimum absolute atomic E-state index is 0.343. The van der Waals surface area contributed by atoms with Crippen LogP contribution in [0.1, 0.15) is 23.0 Å². The van der Waals surface area contributed by atoms with Gasteiger partial charge >= 0.3 is 0 Å². The minimum atomic E-state index is -0.354. The Labute approximate surface area is 167 Å². The van der Waals surface area contributed by atoms with Crippen molar-refractivity contribution in [3.05, 3.63) is 89.1 Å². The van der Waals surface area contributed by atoms with Crippen molar-refractivity contribution < 1.29 is 4.79 Å². The molecule has 0 aliphatic rings. The molecule has 0 bridgehead atoms. The summed E-state index contributed by atoms with van der Waals surface area (Å²) in [5, 5.41) is 14.1. The number of H-pyrrole nitrogens is 1. The Hall–Kier alpha value is -3.44. The van der Waals surface area contributed by atoms with Gasteiger partial charge < -0.3 is 0 Å². The number of nitrogens with one attached hydrogen (secondary N) is 2. The summed E-state index contributed by atoms with van der Waals surface area (Å²) in [6.45, 7) is 1.82. The molecule has 28 heavy (non-hydrogen) atoms. The highest BCUT2D eigenvalue weighted by Crippen LogP contribution is 2.27. The summed E-state index contributed by atoms with van der Waals surface area (Å²) < 4.78 is 0. The quantitative estimate of drug-likeness (QED) is 0.380. The van der Waals surface area contributed by atoms with E-state index in [1.54, 1.807) is 18.2 Å². The van der Waals surface area contributed by atoms with Gasteiger partial charge in [-0.2, -0.15) is 10.2 Å². The van der Waals surface area contributed by atoms with Crippen LogP contribution in [0.15, 0.2) is 77.9 Å². The number of aromatic amines is 1. The van der Waals surface area contributed by atoms with Gasteiger partial charge in [0.1, 0.15) is 5.69 Å². The molecule has 5 nitrogen and oxygen atoms in total. The molecule has 6 heteroatoms. The monoisotopic (exact) mass is 388 g/mol. The van der Waals surface area contributed by atoms with Gasteiger partial charge in [0.2, 0.25) is 0 Å². The van der Waals surface area contributed by atoms with Crippen LogP contribution in [-0.2, 0) is 0 Å². The number of hydrogen-bond donors (Lipinski definition) is 2. The van der Waals surface area contributed by atoms with E-state index >= 15 is 0 Å². The molecule has 0 unspecified atom stereocenters. The molecule has 0 aliphatic heterocycles. The number of carbonyl (C=O) groups excluding carboxylic acids is 1. The molecule has 3 aromatic carbocycles. The topological polar surface area (TPSA) is 70.1 Å². The molecule has 1 heterocycles. The standard InChI is InChI=1S/C22H17ClN4O/c1-14(15-9-11-17(23)12-10-15)24-27-22(28)21-13-20(25-26-21)19-8-4-6-16-5-2-3-7-18(16)19/h2-13H,1H3,(H,25,26)(H,27,28). The van der Waals surface area contributed by atoms with Crippen molar-refractivity contribution in [1.82, 2.24) is 15.6 Å². The molecule has 0 aliphatic carbocycles. The SMILES string of the molecule is CC(=NNC(=O)c1cc(-c2cccc3ccccc23)n[nH]1)c1ccc(Cl)cc1. The molecule has 1 amide bonds. The van der Waals surface area contributed by atoms with Crippen LogP contribution in [0.3, 0.4) is 0 Å². The fraction of sp³-hybridized carbons (Fsp3) is 0.0455. The van der Waals surface area contributed by atoms with Gasteiger partial charge in [0.15, 0.2) is 0 Å². The largest absolute Gasteiger partial charge is 0.289 e. The van der Waals surface area contributed by atoms with E-state index < -0.39 is 0 Å². The summed E-state index contributed by atoms with van der Waals surface area (Å²) in [7, 11) is 0. The Morgan fingerprint density at radius 2 is 1.79 bits per heavy atom. The molecule has 4 aromatic rings. The van der Waals surface area contributed by atoms with Gasteiger partial charge in [-0.15, -0.1) is 0 Å². The van der Waals surface area contributed by atoms with Gasteiger partial charge in [-0.3, -0.25) is 9.89 Å². The third-order valence-electron chi connectivity index (χ3n) is 4.48. The lowest BCUT2D eigenvalue weighted by molar-refractivity contribution is 0.0950. The Balaban J connectivity index is 1.54. The van der Waals surface area contributed by atoms with Crippen LogP contribution in [-0.4, -0.2) is 21.8 Å². The molecule has 2 N–H and O–H groups in total. The average Bonchev–Trinajstić information content (AvgIpc) is 3.22. The molecule has 0 spiro atoms. The van der Waals surface area contributed by atoms with Gasteiger partial charge in [0, 0.05) is 10.6 Å². The molecule has 0 radical (unpaired) electrons. The number of hydrazone groups is 1. The Morgan fingerprint density at radius 1 is 1.04 bits per heavy atom. The van der Waals surface area contributed by atoms with Gasteiger partial charge in [0.25, 0.3) is 5.91 Å². The maximum atomic E-state index is 12.4. The number of nitrogens with zero attached hydrogens (tertiary/aromatic N) is 2. The van der Waals surface area contributed by atoms with Crippen LogP contribution in [0.2, 0.25) is 5.02 Å². The molecular weight excluding hydrogens is 372 g/mol. The molecule has 0 saturated heterocycles. The molecule has 0 saturated carbocycles. The van der Waals surface area contributed by atoms with E-state index in [4.69, 9.17) is 11.6 Å². The van der Waals surface area contributed by atoms with E-state index in [9.17, 15) is 4.79 Å². The molecule has 0 fully saturated rings. The zero-order chi connectivity index (χ0) is 19.5. The van der Waals surface area contributed by atoms with Crippen molar-refractivity contribution in [2.75, 3.05) is 0 Å². The first-order chi connectivity index (χ1) is 13.6. The Morgan fingerprint density at radius 3 is 2.61 bits per heavy atom. The van der Waals surface area contributed by atoms with Crippen molar-refractivity contribution in [3.63, 3.8) is 0 Å². The van der Waals surface area contributed by atoms with Gasteiger partial charge in [-0.25, -0.2) is 5.43 Å². The van der Waals surface area contributed by atoms with Crippen molar-refractivity contribution in [2.45, 2.75) is 6.92 Å². The summed E-state index contributed by atoms with van der Waals surface area (Å²) in [6, 6.07) is 23.1. The first kappa shape index (κ1) is 17.9.